The van der Waals surface area contributed by atoms with E-state index in [1.807, 2.05) is 116 Å². The fourth-order valence-corrected chi connectivity index (χ4v) is 12.6. The first-order valence-corrected chi connectivity index (χ1v) is 27.6. The van der Waals surface area contributed by atoms with Crippen molar-refractivity contribution in [3.63, 3.8) is 0 Å². The molecule has 400 valence electrons. The number of hydrogen-bond donors (Lipinski definition) is 0. The molecule has 18 heteroatoms. The summed E-state index contributed by atoms with van der Waals surface area (Å²) in [5.74, 6) is 1.48. The smallest absolute Gasteiger partial charge is 0.316 e. The molecule has 2 aromatic carbocycles. The molecule has 10 heterocycles. The molecule has 4 fully saturated rings. The molecule has 4 aliphatic heterocycles. The van der Waals surface area contributed by atoms with Gasteiger partial charge in [-0.25, -0.2) is 9.97 Å². The molecule has 78 heavy (non-hydrogen) atoms. The monoisotopic (exact) mass is 1050 g/mol. The minimum Gasteiger partial charge on any atom is -0.481 e. The molecular weight excluding hydrogens is 989 g/mol. The van der Waals surface area contributed by atoms with E-state index in [1.54, 1.807) is 12.4 Å². The van der Waals surface area contributed by atoms with Gasteiger partial charge in [-0.05, 0) is 85.0 Å². The van der Waals surface area contributed by atoms with Crippen LogP contribution < -0.4 is 20.6 Å². The first-order valence-electron chi connectivity index (χ1n) is 27.6. The maximum atomic E-state index is 14.0. The topological polar surface area (TPSA) is 183 Å². The van der Waals surface area contributed by atoms with Crippen LogP contribution in [0, 0.1) is 11.8 Å². The molecule has 0 spiro atoms. The molecular formula is C60H62N10O8. The second kappa shape index (κ2) is 21.5. The van der Waals surface area contributed by atoms with Crippen molar-refractivity contribution < 1.29 is 28.5 Å². The third-order valence-electron chi connectivity index (χ3n) is 16.7. The Bertz CT molecular complexity index is 3380. The summed E-state index contributed by atoms with van der Waals surface area (Å²) in [5.41, 5.74) is 3.15. The van der Waals surface area contributed by atoms with E-state index in [9.17, 15) is 19.2 Å². The minimum absolute atomic E-state index is 0.0168. The first-order chi connectivity index (χ1) is 38.4. The van der Waals surface area contributed by atoms with E-state index in [0.717, 1.165) is 84.6 Å². The fraction of sp³-hybridized carbons (Fsp3) is 0.400. The van der Waals surface area contributed by atoms with Crippen LogP contribution in [-0.2, 0) is 35.8 Å². The Labute approximate surface area is 450 Å². The molecule has 18 nitrogen and oxygen atoms in total. The fourth-order valence-electron chi connectivity index (χ4n) is 12.6. The molecule has 2 unspecified atom stereocenters. The number of pyridine rings is 2. The highest BCUT2D eigenvalue weighted by Crippen LogP contribution is 2.42. The Morgan fingerprint density at radius 1 is 0.500 bits per heavy atom. The largest absolute Gasteiger partial charge is 0.481 e. The summed E-state index contributed by atoms with van der Waals surface area (Å²) in [5, 5.41) is 2.08. The lowest BCUT2D eigenvalue weighted by molar-refractivity contribution is -0.0577. The quantitative estimate of drug-likeness (QED) is 0.104. The van der Waals surface area contributed by atoms with Crippen LogP contribution in [-0.4, -0.2) is 111 Å². The van der Waals surface area contributed by atoms with Crippen molar-refractivity contribution in [1.29, 1.82) is 0 Å². The number of carbonyl (C=O) groups is 2. The number of fused-ring (bicyclic) bond motifs is 4. The van der Waals surface area contributed by atoms with Gasteiger partial charge in [0, 0.05) is 61.7 Å². The standard InChI is InChI=1S/2C30H31N5O4/c2*36-29-26(39-17-20-7-2-1-3-8-20)25-30(37)33(23-18-38-19-23)15-16-35(25)28(32-29)24(21-9-4-5-10-21)34-14-12-22-11-6-13-31-27(22)34/h2*1-3,6-8,11-14,21,23-24H,4-5,9-10,15-19H2. The van der Waals surface area contributed by atoms with Gasteiger partial charge in [0.25, 0.3) is 11.8 Å². The Morgan fingerprint density at radius 3 is 1.29 bits per heavy atom. The number of rotatable bonds is 14. The Balaban J connectivity index is 0.000000148. The molecule has 6 aromatic heterocycles. The zero-order chi connectivity index (χ0) is 52.7. The lowest BCUT2D eigenvalue weighted by Gasteiger charge is -2.41. The number of nitrogens with zero attached hydrogens (tertiary/aromatic N) is 10. The van der Waals surface area contributed by atoms with Gasteiger partial charge in [-0.2, -0.15) is 9.97 Å². The van der Waals surface area contributed by atoms with Gasteiger partial charge < -0.3 is 47.0 Å². The van der Waals surface area contributed by atoms with Gasteiger partial charge in [-0.15, -0.1) is 0 Å². The molecule has 2 saturated heterocycles. The van der Waals surface area contributed by atoms with Crippen LogP contribution in [0.3, 0.4) is 0 Å². The molecule has 0 bridgehead atoms. The number of carbonyl (C=O) groups excluding carboxylic acids is 2. The van der Waals surface area contributed by atoms with Gasteiger partial charge in [0.05, 0.1) is 50.6 Å². The van der Waals surface area contributed by atoms with Crippen molar-refractivity contribution in [2.24, 2.45) is 11.8 Å². The summed E-state index contributed by atoms with van der Waals surface area (Å²) in [4.78, 5) is 77.8. The second-order valence-electron chi connectivity index (χ2n) is 21.4. The Morgan fingerprint density at radius 2 is 0.910 bits per heavy atom. The van der Waals surface area contributed by atoms with Gasteiger partial charge in [0.1, 0.15) is 36.2 Å². The van der Waals surface area contributed by atoms with Gasteiger partial charge in [0.15, 0.2) is 11.4 Å². The summed E-state index contributed by atoms with van der Waals surface area (Å²) in [6.07, 6.45) is 16.4. The van der Waals surface area contributed by atoms with E-state index in [1.165, 1.54) is 0 Å². The van der Waals surface area contributed by atoms with E-state index in [0.29, 0.717) is 75.6 Å². The Kier molecular flexibility index (Phi) is 13.6. The summed E-state index contributed by atoms with van der Waals surface area (Å²) >= 11 is 0. The molecule has 2 saturated carbocycles. The van der Waals surface area contributed by atoms with E-state index in [-0.39, 0.29) is 72.5 Å². The van der Waals surface area contributed by atoms with E-state index in [2.05, 4.69) is 41.2 Å². The van der Waals surface area contributed by atoms with Crippen molar-refractivity contribution in [1.82, 2.24) is 48.0 Å². The Hall–Kier alpha value is -7.96. The van der Waals surface area contributed by atoms with Crippen LogP contribution in [0.4, 0.5) is 0 Å². The SMILES string of the molecule is O=C1c2c(OCc3ccccc3)c(=O)nc(C(C3CCCC3)n3ccc4cccnc43)n2CCN1C1COC1.O=C1c2c(OCc3ccccc3)c(=O)nc(C(C3CCCC3)n3ccc4cccnc43)n2CCN1C1COC1. The number of benzene rings is 2. The van der Waals surface area contributed by atoms with Crippen LogP contribution in [0.5, 0.6) is 11.5 Å². The van der Waals surface area contributed by atoms with Crippen molar-refractivity contribution in [2.45, 2.75) is 102 Å². The third-order valence-corrected chi connectivity index (χ3v) is 16.7. The zero-order valence-corrected chi connectivity index (χ0v) is 43.5. The predicted molar refractivity (Wildman–Crippen MR) is 289 cm³/mol. The first kappa shape index (κ1) is 49.6. The molecule has 6 aliphatic rings. The van der Waals surface area contributed by atoms with Crippen molar-refractivity contribution in [2.75, 3.05) is 39.5 Å². The zero-order valence-electron chi connectivity index (χ0n) is 43.5. The number of ether oxygens (including phenoxy) is 4. The van der Waals surface area contributed by atoms with E-state index in [4.69, 9.17) is 18.9 Å². The summed E-state index contributed by atoms with van der Waals surface area (Å²) in [7, 11) is 0. The minimum atomic E-state index is -0.500. The lowest BCUT2D eigenvalue weighted by Crippen LogP contribution is -2.56. The van der Waals surface area contributed by atoms with Gasteiger partial charge in [-0.3, -0.25) is 19.2 Å². The second-order valence-corrected chi connectivity index (χ2v) is 21.4. The molecule has 14 rings (SSSR count). The van der Waals surface area contributed by atoms with Crippen molar-refractivity contribution >= 4 is 33.9 Å². The average molecular weight is 1050 g/mol. The highest BCUT2D eigenvalue weighted by molar-refractivity contribution is 5.97. The maximum Gasteiger partial charge on any atom is 0.316 e. The molecule has 8 aromatic rings. The molecule has 2 atom stereocenters. The van der Waals surface area contributed by atoms with Crippen molar-refractivity contribution in [3.8, 4) is 11.5 Å². The van der Waals surface area contributed by atoms with E-state index >= 15 is 0 Å². The van der Waals surface area contributed by atoms with Gasteiger partial charge >= 0.3 is 11.1 Å². The summed E-state index contributed by atoms with van der Waals surface area (Å²) < 4.78 is 31.2. The number of hydrogen-bond acceptors (Lipinski definition) is 12. The van der Waals surface area contributed by atoms with Crippen molar-refractivity contribution in [3.05, 3.63) is 177 Å². The highest BCUT2D eigenvalue weighted by atomic mass is 16.5. The molecule has 2 amide bonds. The van der Waals surface area contributed by atoms with Crippen LogP contribution in [0.25, 0.3) is 22.1 Å². The van der Waals surface area contributed by atoms with Gasteiger partial charge in [0.2, 0.25) is 11.5 Å². The van der Waals surface area contributed by atoms with Crippen LogP contribution >= 0.6 is 0 Å². The molecule has 0 radical (unpaired) electrons. The molecule has 0 N–H and O–H groups in total. The summed E-state index contributed by atoms with van der Waals surface area (Å²) in [6.45, 7) is 4.58. The third kappa shape index (κ3) is 9.23. The van der Waals surface area contributed by atoms with Gasteiger partial charge in [-0.1, -0.05) is 86.3 Å². The van der Waals surface area contributed by atoms with E-state index < -0.39 is 11.1 Å². The highest BCUT2D eigenvalue weighted by Gasteiger charge is 2.43. The number of amides is 2. The maximum absolute atomic E-state index is 14.0. The van der Waals surface area contributed by atoms with Crippen LogP contribution in [0.1, 0.15) is 107 Å². The number of aromatic nitrogens is 8. The predicted octanol–water partition coefficient (Wildman–Crippen LogP) is 7.61. The van der Waals surface area contributed by atoms with Crippen LogP contribution in [0.2, 0.25) is 0 Å². The van der Waals surface area contributed by atoms with Crippen LogP contribution in [0.15, 0.2) is 131 Å². The lowest BCUT2D eigenvalue weighted by atomic mass is 9.96. The molecule has 2 aliphatic carbocycles. The summed E-state index contributed by atoms with van der Waals surface area (Å²) in [6, 6.07) is 31.0. The normalized spacial score (nSPS) is 18.8. The average Bonchev–Trinajstić information content (AvgIpc) is 4.43.